The van der Waals surface area contributed by atoms with Gasteiger partial charge >= 0.3 is 0 Å². The van der Waals surface area contributed by atoms with Crippen LogP contribution < -0.4 is 11.5 Å². The Hall–Kier alpha value is -2.58. The van der Waals surface area contributed by atoms with Crippen molar-refractivity contribution in [3.05, 3.63) is 77.4 Å². The molecule has 4 N–H and O–H groups in total. The third-order valence-corrected chi connectivity index (χ3v) is 5.20. The highest BCUT2D eigenvalue weighted by atomic mass is 14.6. The minimum Gasteiger partial charge on any atom is -0.398 e. The van der Waals surface area contributed by atoms with Crippen LogP contribution in [0.3, 0.4) is 0 Å². The second-order valence-electron chi connectivity index (χ2n) is 7.03. The molecule has 0 heterocycles. The molecule has 0 bridgehead atoms. The molecule has 4 rings (SSSR count). The maximum Gasteiger partial charge on any atom is 0.0397 e. The van der Waals surface area contributed by atoms with Gasteiger partial charge in [-0.3, -0.25) is 0 Å². The van der Waals surface area contributed by atoms with Gasteiger partial charge in [0.1, 0.15) is 0 Å². The molecule has 0 aliphatic heterocycles. The predicted octanol–water partition coefficient (Wildman–Crippen LogP) is 4.70. The number of fused-ring (bicyclic) bond motifs is 3. The first-order chi connectivity index (χ1) is 11.5. The molecule has 0 saturated heterocycles. The van der Waals surface area contributed by atoms with Crippen molar-refractivity contribution in [3.63, 3.8) is 0 Å². The van der Waals surface area contributed by atoms with Crippen LogP contribution in [0.2, 0.25) is 0 Å². The van der Waals surface area contributed by atoms with Gasteiger partial charge in [-0.1, -0.05) is 62.4 Å². The first-order valence-corrected chi connectivity index (χ1v) is 8.36. The summed E-state index contributed by atoms with van der Waals surface area (Å²) >= 11 is 0. The fraction of sp³-hybridized carbons (Fsp3) is 0.182. The summed E-state index contributed by atoms with van der Waals surface area (Å²) in [5.74, 6) is 0. The molecule has 2 nitrogen and oxygen atoms in total. The maximum atomic E-state index is 6.44. The van der Waals surface area contributed by atoms with Gasteiger partial charge in [0.15, 0.2) is 0 Å². The summed E-state index contributed by atoms with van der Waals surface area (Å²) in [6, 6.07) is 21.3. The molecule has 2 heteroatoms. The lowest BCUT2D eigenvalue weighted by molar-refractivity contribution is 0.662. The Bertz CT molecular complexity index is 938. The molecular formula is C22H22N2. The van der Waals surface area contributed by atoms with Crippen LogP contribution in [0, 0.1) is 0 Å². The summed E-state index contributed by atoms with van der Waals surface area (Å²) in [7, 11) is 0. The lowest BCUT2D eigenvalue weighted by Gasteiger charge is -2.25. The van der Waals surface area contributed by atoms with Gasteiger partial charge in [0.05, 0.1) is 0 Å². The minimum absolute atomic E-state index is 0.0740. The van der Waals surface area contributed by atoms with Crippen molar-refractivity contribution in [2.75, 3.05) is 5.73 Å². The Morgan fingerprint density at radius 3 is 2.46 bits per heavy atom. The van der Waals surface area contributed by atoms with Crippen LogP contribution in [0.25, 0.3) is 22.3 Å². The van der Waals surface area contributed by atoms with Crippen molar-refractivity contribution in [3.8, 4) is 22.3 Å². The van der Waals surface area contributed by atoms with E-state index in [0.717, 1.165) is 22.4 Å². The molecule has 1 aliphatic rings. The van der Waals surface area contributed by atoms with E-state index in [0.29, 0.717) is 6.54 Å². The van der Waals surface area contributed by atoms with Gasteiger partial charge in [-0.05, 0) is 45.5 Å². The number of nitrogen functional groups attached to an aromatic ring is 1. The van der Waals surface area contributed by atoms with E-state index in [1.807, 2.05) is 6.07 Å². The third kappa shape index (κ3) is 2.00. The second kappa shape index (κ2) is 5.22. The second-order valence-corrected chi connectivity index (χ2v) is 7.03. The van der Waals surface area contributed by atoms with Crippen molar-refractivity contribution in [1.29, 1.82) is 0 Å². The summed E-state index contributed by atoms with van der Waals surface area (Å²) in [5.41, 5.74) is 21.7. The Kier molecular flexibility index (Phi) is 3.26. The van der Waals surface area contributed by atoms with Gasteiger partial charge in [-0.15, -0.1) is 0 Å². The van der Waals surface area contributed by atoms with E-state index in [9.17, 15) is 0 Å². The minimum atomic E-state index is -0.0740. The van der Waals surface area contributed by atoms with Crippen LogP contribution in [0.1, 0.15) is 30.5 Å². The molecule has 0 fully saturated rings. The molecule has 1 aliphatic carbocycles. The van der Waals surface area contributed by atoms with Gasteiger partial charge in [0, 0.05) is 23.2 Å². The lowest BCUT2D eigenvalue weighted by Crippen LogP contribution is -2.17. The third-order valence-electron chi connectivity index (χ3n) is 5.20. The Balaban J connectivity index is 2.05. The maximum absolute atomic E-state index is 6.44. The monoisotopic (exact) mass is 314 g/mol. The molecule has 3 aromatic rings. The zero-order chi connectivity index (χ0) is 16.9. The zero-order valence-corrected chi connectivity index (χ0v) is 14.1. The topological polar surface area (TPSA) is 52.0 Å². The normalized spacial score (nSPS) is 14.3. The predicted molar refractivity (Wildman–Crippen MR) is 102 cm³/mol. The van der Waals surface area contributed by atoms with Gasteiger partial charge in [-0.2, -0.15) is 0 Å². The number of hydrogen-bond acceptors (Lipinski definition) is 2. The number of nitrogens with two attached hydrogens (primary N) is 2. The Morgan fingerprint density at radius 2 is 1.67 bits per heavy atom. The van der Waals surface area contributed by atoms with Crippen LogP contribution >= 0.6 is 0 Å². The van der Waals surface area contributed by atoms with Gasteiger partial charge < -0.3 is 11.5 Å². The molecule has 0 spiro atoms. The van der Waals surface area contributed by atoms with Crippen LogP contribution in [0.15, 0.2) is 60.7 Å². The highest BCUT2D eigenvalue weighted by Crippen LogP contribution is 2.53. The lowest BCUT2D eigenvalue weighted by atomic mass is 9.78. The van der Waals surface area contributed by atoms with E-state index in [1.54, 1.807) is 0 Å². The highest BCUT2D eigenvalue weighted by Gasteiger charge is 2.38. The van der Waals surface area contributed by atoms with Gasteiger partial charge in [-0.25, -0.2) is 0 Å². The largest absolute Gasteiger partial charge is 0.398 e. The summed E-state index contributed by atoms with van der Waals surface area (Å²) in [4.78, 5) is 0. The molecule has 0 radical (unpaired) electrons. The van der Waals surface area contributed by atoms with E-state index in [4.69, 9.17) is 11.5 Å². The molecule has 0 amide bonds. The summed E-state index contributed by atoms with van der Waals surface area (Å²) < 4.78 is 0. The van der Waals surface area contributed by atoms with Crippen molar-refractivity contribution in [2.45, 2.75) is 25.8 Å². The molecule has 3 aromatic carbocycles. The van der Waals surface area contributed by atoms with Crippen molar-refractivity contribution in [2.24, 2.45) is 5.73 Å². The van der Waals surface area contributed by atoms with E-state index in [-0.39, 0.29) is 5.41 Å². The van der Waals surface area contributed by atoms with Crippen LogP contribution in [-0.2, 0) is 12.0 Å². The molecule has 120 valence electrons. The first kappa shape index (κ1) is 15.0. The molecule has 24 heavy (non-hydrogen) atoms. The van der Waals surface area contributed by atoms with E-state index < -0.39 is 0 Å². The van der Waals surface area contributed by atoms with Gasteiger partial charge in [0.25, 0.3) is 0 Å². The summed E-state index contributed by atoms with van der Waals surface area (Å²) in [5, 5.41) is 0. The fourth-order valence-corrected chi connectivity index (χ4v) is 4.05. The number of benzene rings is 3. The zero-order valence-electron chi connectivity index (χ0n) is 14.1. The number of hydrogen-bond donors (Lipinski definition) is 2. The van der Waals surface area contributed by atoms with Crippen molar-refractivity contribution in [1.82, 2.24) is 0 Å². The molecule has 0 aromatic heterocycles. The number of rotatable bonds is 2. The van der Waals surface area contributed by atoms with E-state index in [1.165, 1.54) is 22.3 Å². The highest BCUT2D eigenvalue weighted by molar-refractivity contribution is 5.93. The standard InChI is InChI=1S/C22H22N2/c1-22(2)18-9-4-3-8-16(18)17-10-11-19(24)20(21(17)22)15-7-5-6-14(12-15)13-23/h3-12H,13,23-24H2,1-2H3. The van der Waals surface area contributed by atoms with Crippen LogP contribution in [0.5, 0.6) is 0 Å². The van der Waals surface area contributed by atoms with Crippen LogP contribution in [-0.4, -0.2) is 0 Å². The van der Waals surface area contributed by atoms with Crippen molar-refractivity contribution >= 4 is 5.69 Å². The molecular weight excluding hydrogens is 292 g/mol. The van der Waals surface area contributed by atoms with Crippen molar-refractivity contribution < 1.29 is 0 Å². The quantitative estimate of drug-likeness (QED) is 0.674. The Labute approximate surface area is 143 Å². The van der Waals surface area contributed by atoms with E-state index in [2.05, 4.69) is 68.4 Å². The van der Waals surface area contributed by atoms with Gasteiger partial charge in [0.2, 0.25) is 0 Å². The summed E-state index contributed by atoms with van der Waals surface area (Å²) in [6.07, 6.45) is 0. The number of anilines is 1. The SMILES string of the molecule is CC1(C)c2ccccc2-c2ccc(N)c(-c3cccc(CN)c3)c21. The first-order valence-electron chi connectivity index (χ1n) is 8.36. The molecule has 0 atom stereocenters. The average molecular weight is 314 g/mol. The molecule has 0 saturated carbocycles. The average Bonchev–Trinajstić information content (AvgIpc) is 2.83. The Morgan fingerprint density at radius 1 is 0.875 bits per heavy atom. The molecule has 0 unspecified atom stereocenters. The van der Waals surface area contributed by atoms with E-state index >= 15 is 0 Å². The smallest absolute Gasteiger partial charge is 0.0397 e. The summed E-state index contributed by atoms with van der Waals surface area (Å²) in [6.45, 7) is 5.10. The fourth-order valence-electron chi connectivity index (χ4n) is 4.05. The van der Waals surface area contributed by atoms with Crippen LogP contribution in [0.4, 0.5) is 5.69 Å².